The lowest BCUT2D eigenvalue weighted by molar-refractivity contribution is -0.384. The molecule has 1 atom stereocenters. The van der Waals surface area contributed by atoms with Crippen molar-refractivity contribution in [3.8, 4) is 0 Å². The van der Waals surface area contributed by atoms with Crippen molar-refractivity contribution in [1.82, 2.24) is 4.90 Å². The SMILES string of the molecule is CCOC(=O)C1CCN(C(=O)c2ccc([N+](=O)[O-])cc2)CC1=O. The van der Waals surface area contributed by atoms with Crippen LogP contribution in [0.15, 0.2) is 24.3 Å². The van der Waals surface area contributed by atoms with Crippen LogP contribution in [0.25, 0.3) is 0 Å². The van der Waals surface area contributed by atoms with Crippen molar-refractivity contribution < 1.29 is 24.0 Å². The van der Waals surface area contributed by atoms with E-state index in [9.17, 15) is 24.5 Å². The first-order chi connectivity index (χ1) is 10.9. The van der Waals surface area contributed by atoms with Crippen molar-refractivity contribution in [2.45, 2.75) is 13.3 Å². The molecule has 0 bridgehead atoms. The number of rotatable bonds is 4. The summed E-state index contributed by atoms with van der Waals surface area (Å²) in [6.45, 7) is 1.95. The first kappa shape index (κ1) is 16.6. The molecular formula is C15H16N2O6. The Kier molecular flexibility index (Phi) is 5.05. The quantitative estimate of drug-likeness (QED) is 0.357. The highest BCUT2D eigenvalue weighted by atomic mass is 16.6. The second-order valence-electron chi connectivity index (χ2n) is 5.09. The second-order valence-corrected chi connectivity index (χ2v) is 5.09. The number of carbonyl (C=O) groups excluding carboxylic acids is 3. The number of ether oxygens (including phenoxy) is 1. The fourth-order valence-corrected chi connectivity index (χ4v) is 2.40. The molecule has 1 unspecified atom stereocenters. The molecule has 1 amide bonds. The van der Waals surface area contributed by atoms with E-state index in [1.807, 2.05) is 0 Å². The number of ketones is 1. The summed E-state index contributed by atoms with van der Waals surface area (Å²) >= 11 is 0. The molecule has 1 aliphatic heterocycles. The number of nitro groups is 1. The van der Waals surface area contributed by atoms with Gasteiger partial charge in [-0.3, -0.25) is 24.5 Å². The van der Waals surface area contributed by atoms with E-state index in [1.165, 1.54) is 29.2 Å². The minimum absolute atomic E-state index is 0.112. The van der Waals surface area contributed by atoms with Crippen molar-refractivity contribution in [2.24, 2.45) is 5.92 Å². The zero-order valence-corrected chi connectivity index (χ0v) is 12.6. The molecule has 0 aromatic heterocycles. The van der Waals surface area contributed by atoms with Gasteiger partial charge in [-0.15, -0.1) is 0 Å². The van der Waals surface area contributed by atoms with Gasteiger partial charge in [-0.2, -0.15) is 0 Å². The van der Waals surface area contributed by atoms with Crippen molar-refractivity contribution in [2.75, 3.05) is 19.7 Å². The molecule has 0 radical (unpaired) electrons. The Labute approximate surface area is 132 Å². The summed E-state index contributed by atoms with van der Waals surface area (Å²) < 4.78 is 4.84. The van der Waals surface area contributed by atoms with Gasteiger partial charge >= 0.3 is 5.97 Å². The van der Waals surface area contributed by atoms with E-state index < -0.39 is 22.7 Å². The Morgan fingerprint density at radius 2 is 2.00 bits per heavy atom. The predicted octanol–water partition coefficient (Wildman–Crippen LogP) is 1.19. The Hall–Kier alpha value is -2.77. The third kappa shape index (κ3) is 3.71. The van der Waals surface area contributed by atoms with Crippen LogP contribution in [0.4, 0.5) is 5.69 Å². The first-order valence-corrected chi connectivity index (χ1v) is 7.17. The topological polar surface area (TPSA) is 107 Å². The highest BCUT2D eigenvalue weighted by Gasteiger charge is 2.35. The lowest BCUT2D eigenvalue weighted by atomic mass is 9.95. The smallest absolute Gasteiger partial charge is 0.316 e. The number of esters is 1. The molecule has 0 aliphatic carbocycles. The normalized spacial score (nSPS) is 17.7. The van der Waals surface area contributed by atoms with Gasteiger partial charge in [-0.1, -0.05) is 0 Å². The molecule has 0 saturated carbocycles. The van der Waals surface area contributed by atoms with Crippen LogP contribution in [0.5, 0.6) is 0 Å². The van der Waals surface area contributed by atoms with Gasteiger partial charge in [-0.25, -0.2) is 0 Å². The molecule has 23 heavy (non-hydrogen) atoms. The van der Waals surface area contributed by atoms with Crippen molar-refractivity contribution >= 4 is 23.3 Å². The largest absolute Gasteiger partial charge is 0.465 e. The zero-order chi connectivity index (χ0) is 17.0. The van der Waals surface area contributed by atoms with E-state index in [-0.39, 0.29) is 43.2 Å². The van der Waals surface area contributed by atoms with Crippen LogP contribution in [0.1, 0.15) is 23.7 Å². The number of hydrogen-bond acceptors (Lipinski definition) is 6. The first-order valence-electron chi connectivity index (χ1n) is 7.17. The number of nitrogens with zero attached hydrogens (tertiary/aromatic N) is 2. The number of piperidine rings is 1. The second kappa shape index (κ2) is 6.99. The van der Waals surface area contributed by atoms with Crippen molar-refractivity contribution in [1.29, 1.82) is 0 Å². The number of Topliss-reactive ketones (excluding diaryl/α,β-unsaturated/α-hetero) is 1. The summed E-state index contributed by atoms with van der Waals surface area (Å²) in [7, 11) is 0. The minimum atomic E-state index is -0.823. The van der Waals surface area contributed by atoms with E-state index in [4.69, 9.17) is 4.74 Å². The Morgan fingerprint density at radius 1 is 1.35 bits per heavy atom. The number of amides is 1. The minimum Gasteiger partial charge on any atom is -0.465 e. The van der Waals surface area contributed by atoms with Crippen molar-refractivity contribution in [3.63, 3.8) is 0 Å². The van der Waals surface area contributed by atoms with E-state index in [0.717, 1.165) is 0 Å². The maximum atomic E-state index is 12.3. The summed E-state index contributed by atoms with van der Waals surface area (Å²) in [4.78, 5) is 47.4. The molecule has 0 N–H and O–H groups in total. The monoisotopic (exact) mass is 320 g/mol. The molecular weight excluding hydrogens is 304 g/mol. The molecule has 1 aromatic rings. The van der Waals surface area contributed by atoms with E-state index >= 15 is 0 Å². The van der Waals surface area contributed by atoms with Gasteiger partial charge in [0.05, 0.1) is 18.1 Å². The standard InChI is InChI=1S/C15H16N2O6/c1-2-23-15(20)12-7-8-16(9-13(12)18)14(19)10-3-5-11(6-4-10)17(21)22/h3-6,12H,2,7-9H2,1H3. The summed E-state index contributed by atoms with van der Waals surface area (Å²) in [5.41, 5.74) is 0.150. The summed E-state index contributed by atoms with van der Waals surface area (Å²) in [5, 5.41) is 10.6. The molecule has 0 spiro atoms. The number of nitro benzene ring substituents is 1. The predicted molar refractivity (Wildman–Crippen MR) is 78.7 cm³/mol. The van der Waals surface area contributed by atoms with Gasteiger partial charge in [0.2, 0.25) is 0 Å². The van der Waals surface area contributed by atoms with Gasteiger partial charge in [0.15, 0.2) is 5.78 Å². The lowest BCUT2D eigenvalue weighted by Gasteiger charge is -2.29. The average molecular weight is 320 g/mol. The average Bonchev–Trinajstić information content (AvgIpc) is 2.54. The summed E-state index contributed by atoms with van der Waals surface area (Å²) in [6, 6.07) is 5.17. The maximum Gasteiger partial charge on any atom is 0.316 e. The third-order valence-electron chi connectivity index (χ3n) is 3.61. The molecule has 122 valence electrons. The van der Waals surface area contributed by atoms with Crippen LogP contribution >= 0.6 is 0 Å². The Bertz CT molecular complexity index is 640. The number of likely N-dealkylation sites (tertiary alicyclic amines) is 1. The molecule has 1 heterocycles. The van der Waals surface area contributed by atoms with E-state index in [0.29, 0.717) is 0 Å². The van der Waals surface area contributed by atoms with Crippen LogP contribution in [-0.2, 0) is 14.3 Å². The van der Waals surface area contributed by atoms with E-state index in [2.05, 4.69) is 0 Å². The van der Waals surface area contributed by atoms with Crippen LogP contribution in [0, 0.1) is 16.0 Å². The maximum absolute atomic E-state index is 12.3. The lowest BCUT2D eigenvalue weighted by Crippen LogP contribution is -2.46. The Balaban J connectivity index is 2.03. The molecule has 1 aromatic carbocycles. The van der Waals surface area contributed by atoms with Crippen LogP contribution < -0.4 is 0 Å². The Morgan fingerprint density at radius 3 is 2.52 bits per heavy atom. The third-order valence-corrected chi connectivity index (χ3v) is 3.61. The number of non-ortho nitro benzene ring substituents is 1. The fraction of sp³-hybridized carbons (Fsp3) is 0.400. The number of hydrogen-bond donors (Lipinski definition) is 0. The highest BCUT2D eigenvalue weighted by Crippen LogP contribution is 2.19. The fourth-order valence-electron chi connectivity index (χ4n) is 2.40. The molecule has 2 rings (SSSR count). The van der Waals surface area contributed by atoms with Gasteiger partial charge in [0.25, 0.3) is 11.6 Å². The van der Waals surface area contributed by atoms with Crippen molar-refractivity contribution in [3.05, 3.63) is 39.9 Å². The summed E-state index contributed by atoms with van der Waals surface area (Å²) in [5.74, 6) is -2.13. The molecule has 8 nitrogen and oxygen atoms in total. The molecule has 1 aliphatic rings. The number of benzene rings is 1. The van der Waals surface area contributed by atoms with E-state index in [1.54, 1.807) is 6.92 Å². The highest BCUT2D eigenvalue weighted by molar-refractivity contribution is 6.04. The van der Waals surface area contributed by atoms with Gasteiger partial charge in [-0.05, 0) is 25.5 Å². The summed E-state index contributed by atoms with van der Waals surface area (Å²) in [6.07, 6.45) is 0.219. The van der Waals surface area contributed by atoms with Gasteiger partial charge < -0.3 is 9.64 Å². The van der Waals surface area contributed by atoms with Gasteiger partial charge in [0, 0.05) is 24.2 Å². The molecule has 1 saturated heterocycles. The van der Waals surface area contributed by atoms with Crippen LogP contribution in [-0.4, -0.2) is 47.2 Å². The number of carbonyl (C=O) groups is 3. The molecule has 8 heteroatoms. The van der Waals surface area contributed by atoms with Crippen LogP contribution in [0.2, 0.25) is 0 Å². The van der Waals surface area contributed by atoms with Crippen LogP contribution in [0.3, 0.4) is 0 Å². The molecule has 1 fully saturated rings. The van der Waals surface area contributed by atoms with Gasteiger partial charge in [0.1, 0.15) is 5.92 Å². The zero-order valence-electron chi connectivity index (χ0n) is 12.6.